The first-order valence-electron chi connectivity index (χ1n) is 11.4. The van der Waals surface area contributed by atoms with Crippen LogP contribution < -0.4 is 0 Å². The first-order valence-corrected chi connectivity index (χ1v) is 12.3. The van der Waals surface area contributed by atoms with Crippen LogP contribution in [0.5, 0.6) is 5.75 Å². The van der Waals surface area contributed by atoms with Crippen molar-refractivity contribution in [1.29, 1.82) is 0 Å². The van der Waals surface area contributed by atoms with E-state index in [0.29, 0.717) is 12.2 Å². The molecule has 2 heterocycles. The van der Waals surface area contributed by atoms with Gasteiger partial charge in [0, 0.05) is 44.1 Å². The first kappa shape index (κ1) is 24.1. The van der Waals surface area contributed by atoms with Crippen LogP contribution in [-0.2, 0) is 27.5 Å². The van der Waals surface area contributed by atoms with E-state index in [9.17, 15) is 5.11 Å². The molecule has 0 bridgehead atoms. The summed E-state index contributed by atoms with van der Waals surface area (Å²) >= 11 is 1.59. The van der Waals surface area contributed by atoms with Crippen molar-refractivity contribution in [1.82, 2.24) is 9.97 Å². The zero-order valence-electron chi connectivity index (χ0n) is 19.2. The molecule has 6 aromatic rings. The van der Waals surface area contributed by atoms with E-state index in [1.54, 1.807) is 17.5 Å². The largest absolute Gasteiger partial charge is 0.507 e. The van der Waals surface area contributed by atoms with Crippen molar-refractivity contribution in [2.75, 3.05) is 0 Å². The van der Waals surface area contributed by atoms with Gasteiger partial charge in [-0.3, -0.25) is 4.98 Å². The van der Waals surface area contributed by atoms with E-state index >= 15 is 0 Å². The molecule has 0 spiro atoms. The standard InChI is InChI=1S/C31H21N2OS.Pt/c34-30-24(19-21-9-2-1-3-10-21)13-7-15-26(30)31-33-29-25(14-8-17-28(29)35-31)22-11-6-12-23(20-22)27-16-4-5-18-32-27;/h1-18,34H,19H2;/q-1;. The van der Waals surface area contributed by atoms with Gasteiger partial charge in [0.2, 0.25) is 0 Å². The van der Waals surface area contributed by atoms with E-state index in [1.807, 2.05) is 72.8 Å². The van der Waals surface area contributed by atoms with E-state index < -0.39 is 0 Å². The van der Waals surface area contributed by atoms with Crippen LogP contribution in [0.1, 0.15) is 11.1 Å². The van der Waals surface area contributed by atoms with Gasteiger partial charge in [-0.25, -0.2) is 4.98 Å². The van der Waals surface area contributed by atoms with E-state index in [-0.39, 0.29) is 21.1 Å². The van der Waals surface area contributed by atoms with Gasteiger partial charge in [-0.1, -0.05) is 77.9 Å². The van der Waals surface area contributed by atoms with Crippen LogP contribution in [0, 0.1) is 6.07 Å². The molecule has 36 heavy (non-hydrogen) atoms. The summed E-state index contributed by atoms with van der Waals surface area (Å²) in [6.45, 7) is 0. The smallest absolute Gasteiger partial charge is 0.129 e. The summed E-state index contributed by atoms with van der Waals surface area (Å²) in [7, 11) is 0. The number of aromatic nitrogens is 2. The maximum absolute atomic E-state index is 11.1. The third-order valence-corrected chi connectivity index (χ3v) is 7.09. The molecule has 4 aromatic carbocycles. The predicted molar refractivity (Wildman–Crippen MR) is 143 cm³/mol. The Hall–Kier alpha value is -3.59. The van der Waals surface area contributed by atoms with Crippen LogP contribution in [-0.4, -0.2) is 15.1 Å². The van der Waals surface area contributed by atoms with Crippen molar-refractivity contribution < 1.29 is 26.2 Å². The van der Waals surface area contributed by atoms with Gasteiger partial charge in [-0.2, -0.15) is 0 Å². The number of para-hydroxylation sites is 2. The summed E-state index contributed by atoms with van der Waals surface area (Å²) in [5.74, 6) is 0.292. The van der Waals surface area contributed by atoms with Crippen LogP contribution in [0.3, 0.4) is 0 Å². The normalized spacial score (nSPS) is 10.8. The number of rotatable bonds is 5. The van der Waals surface area contributed by atoms with Gasteiger partial charge in [0.25, 0.3) is 0 Å². The molecule has 0 amide bonds. The minimum Gasteiger partial charge on any atom is -0.507 e. The molecule has 0 saturated carbocycles. The monoisotopic (exact) mass is 664 g/mol. The topological polar surface area (TPSA) is 46.0 Å². The minimum absolute atomic E-state index is 0. The number of aromatic hydroxyl groups is 1. The Morgan fingerprint density at radius 3 is 2.31 bits per heavy atom. The molecule has 5 heteroatoms. The fraction of sp³-hybridized carbons (Fsp3) is 0.0323. The molecular formula is C31H21N2OPtS-. The van der Waals surface area contributed by atoms with Gasteiger partial charge in [0.05, 0.1) is 11.1 Å². The maximum Gasteiger partial charge on any atom is 0.129 e. The van der Waals surface area contributed by atoms with Crippen molar-refractivity contribution in [2.24, 2.45) is 0 Å². The van der Waals surface area contributed by atoms with Gasteiger partial charge in [-0.15, -0.1) is 41.2 Å². The molecule has 6 rings (SSSR count). The molecule has 0 aliphatic heterocycles. The number of fused-ring (bicyclic) bond motifs is 1. The Morgan fingerprint density at radius 2 is 1.47 bits per heavy atom. The molecule has 0 fully saturated rings. The fourth-order valence-corrected chi connectivity index (χ4v) is 5.32. The number of nitrogens with zero attached hydrogens (tertiary/aromatic N) is 2. The van der Waals surface area contributed by atoms with Crippen LogP contribution >= 0.6 is 11.3 Å². The zero-order valence-corrected chi connectivity index (χ0v) is 22.3. The Morgan fingerprint density at radius 1 is 0.722 bits per heavy atom. The van der Waals surface area contributed by atoms with Gasteiger partial charge in [0.1, 0.15) is 10.8 Å². The minimum atomic E-state index is 0. The molecule has 0 saturated heterocycles. The van der Waals surface area contributed by atoms with E-state index in [2.05, 4.69) is 41.4 Å². The molecule has 2 aromatic heterocycles. The summed E-state index contributed by atoms with van der Waals surface area (Å²) in [4.78, 5) is 9.46. The Kier molecular flexibility index (Phi) is 7.08. The zero-order chi connectivity index (χ0) is 23.6. The molecule has 178 valence electrons. The van der Waals surface area contributed by atoms with Crippen molar-refractivity contribution in [2.45, 2.75) is 6.42 Å². The second-order valence-electron chi connectivity index (χ2n) is 8.34. The number of hydrogen-bond acceptors (Lipinski definition) is 4. The number of hydrogen-bond donors (Lipinski definition) is 1. The molecule has 3 nitrogen and oxygen atoms in total. The van der Waals surface area contributed by atoms with Crippen LogP contribution in [0.2, 0.25) is 0 Å². The molecule has 0 unspecified atom stereocenters. The number of benzene rings is 4. The van der Waals surface area contributed by atoms with Crippen LogP contribution in [0.15, 0.2) is 109 Å². The molecular weight excluding hydrogens is 643 g/mol. The first-order chi connectivity index (χ1) is 17.3. The van der Waals surface area contributed by atoms with E-state index in [0.717, 1.165) is 54.3 Å². The van der Waals surface area contributed by atoms with E-state index in [4.69, 9.17) is 4.98 Å². The third kappa shape index (κ3) is 4.75. The summed E-state index contributed by atoms with van der Waals surface area (Å²) in [5, 5.41) is 11.9. The number of phenols is 1. The summed E-state index contributed by atoms with van der Waals surface area (Å²) < 4.78 is 1.07. The van der Waals surface area contributed by atoms with Gasteiger partial charge >= 0.3 is 0 Å². The Balaban J connectivity index is 0.00000267. The maximum atomic E-state index is 11.1. The predicted octanol–water partition coefficient (Wildman–Crippen LogP) is 7.79. The number of phenolic OH excluding ortho intramolecular Hbond substituents is 1. The quantitative estimate of drug-likeness (QED) is 0.192. The average Bonchev–Trinajstić information content (AvgIpc) is 3.35. The number of thiazole rings is 1. The average molecular weight is 665 g/mol. The Labute approximate surface area is 228 Å². The second-order valence-corrected chi connectivity index (χ2v) is 9.37. The summed E-state index contributed by atoms with van der Waals surface area (Å²) in [5.41, 5.74) is 7.55. The van der Waals surface area contributed by atoms with Crippen molar-refractivity contribution in [3.63, 3.8) is 0 Å². The van der Waals surface area contributed by atoms with E-state index in [1.165, 1.54) is 0 Å². The fourth-order valence-electron chi connectivity index (χ4n) is 4.30. The second kappa shape index (κ2) is 10.6. The van der Waals surface area contributed by atoms with Gasteiger partial charge in [-0.05, 0) is 29.3 Å². The molecule has 0 aliphatic carbocycles. The van der Waals surface area contributed by atoms with Crippen molar-refractivity contribution in [3.8, 4) is 38.7 Å². The molecule has 0 aliphatic rings. The van der Waals surface area contributed by atoms with Crippen molar-refractivity contribution >= 4 is 21.6 Å². The van der Waals surface area contributed by atoms with Crippen molar-refractivity contribution in [3.05, 3.63) is 127 Å². The van der Waals surface area contributed by atoms with Crippen LogP contribution in [0.4, 0.5) is 0 Å². The summed E-state index contributed by atoms with van der Waals surface area (Å²) in [6.07, 6.45) is 2.47. The number of pyridine rings is 1. The third-order valence-electron chi connectivity index (χ3n) is 6.03. The SMILES string of the molecule is Oc1c(Cc2ccccc2)cccc1-c1nc2c(-c3[c-]c(-c4ccccn4)ccc3)cccc2s1.[Pt]. The van der Waals surface area contributed by atoms with Crippen LogP contribution in [0.25, 0.3) is 43.2 Å². The summed E-state index contributed by atoms with van der Waals surface area (Å²) in [6, 6.07) is 37.8. The Bertz CT molecular complexity index is 1630. The molecule has 0 radical (unpaired) electrons. The van der Waals surface area contributed by atoms with Gasteiger partial charge in [0.15, 0.2) is 0 Å². The van der Waals surface area contributed by atoms with Gasteiger partial charge < -0.3 is 5.11 Å². The molecule has 0 atom stereocenters. The molecule has 1 N–H and O–H groups in total.